The summed E-state index contributed by atoms with van der Waals surface area (Å²) in [6.45, 7) is 5.61. The van der Waals surface area contributed by atoms with Crippen LogP contribution in [0, 0.1) is 0 Å². The fraction of sp³-hybridized carbons (Fsp3) is 1.00. The molecule has 6 heteroatoms. The highest BCUT2D eigenvalue weighted by Gasteiger charge is 2.48. The Balaban J connectivity index is 2.56. The minimum Gasteiger partial charge on any atom is -0.377 e. The van der Waals surface area contributed by atoms with Gasteiger partial charge in [-0.15, -0.1) is 0 Å². The molecule has 0 bridgehead atoms. The Bertz CT molecular complexity index is 210. The molecular formula is C11H24O5Si. The van der Waals surface area contributed by atoms with E-state index in [1.165, 1.54) is 0 Å². The number of rotatable bonds is 9. The summed E-state index contributed by atoms with van der Waals surface area (Å²) in [5.41, 5.74) is 0.103. The maximum atomic E-state index is 5.86. The highest BCUT2D eigenvalue weighted by atomic mass is 28.4. The van der Waals surface area contributed by atoms with Gasteiger partial charge in [0, 0.05) is 21.3 Å². The second kappa shape index (κ2) is 6.82. The smallest absolute Gasteiger partial charge is 0.377 e. The molecule has 0 aromatic rings. The SMILES string of the molecule is CCC(OCC1CO1)C(C)[Si](OC)(OC)OC. The zero-order valence-corrected chi connectivity index (χ0v) is 12.4. The fourth-order valence-electron chi connectivity index (χ4n) is 2.05. The minimum absolute atomic E-state index is 0.0747. The third-order valence-corrected chi connectivity index (χ3v) is 6.46. The number of epoxide rings is 1. The average Bonchev–Trinajstić information content (AvgIpc) is 3.17. The van der Waals surface area contributed by atoms with Gasteiger partial charge in [0.05, 0.1) is 24.9 Å². The van der Waals surface area contributed by atoms with Crippen LogP contribution in [0.1, 0.15) is 20.3 Å². The normalized spacial score (nSPS) is 23.5. The molecule has 0 saturated carbocycles. The second-order valence-corrected chi connectivity index (χ2v) is 7.58. The summed E-state index contributed by atoms with van der Waals surface area (Å²) in [6.07, 6.45) is 1.25. The van der Waals surface area contributed by atoms with Crippen molar-refractivity contribution >= 4 is 8.80 Å². The van der Waals surface area contributed by atoms with Crippen LogP contribution in [0.15, 0.2) is 0 Å². The molecule has 3 unspecified atom stereocenters. The lowest BCUT2D eigenvalue weighted by atomic mass is 10.2. The molecule has 1 fully saturated rings. The van der Waals surface area contributed by atoms with Crippen molar-refractivity contribution in [2.45, 2.75) is 38.0 Å². The van der Waals surface area contributed by atoms with Crippen LogP contribution >= 0.6 is 0 Å². The number of ether oxygens (including phenoxy) is 2. The molecule has 5 nitrogen and oxygen atoms in total. The first-order chi connectivity index (χ1) is 8.13. The van der Waals surface area contributed by atoms with Crippen molar-refractivity contribution in [3.05, 3.63) is 0 Å². The lowest BCUT2D eigenvalue weighted by Gasteiger charge is -2.34. The van der Waals surface area contributed by atoms with Gasteiger partial charge in [-0.1, -0.05) is 13.8 Å². The van der Waals surface area contributed by atoms with E-state index < -0.39 is 8.80 Å². The molecule has 3 atom stereocenters. The lowest BCUT2D eigenvalue weighted by molar-refractivity contribution is 0.0121. The van der Waals surface area contributed by atoms with Crippen molar-refractivity contribution in [1.82, 2.24) is 0 Å². The predicted octanol–water partition coefficient (Wildman–Crippen LogP) is 1.45. The summed E-state index contributed by atoms with van der Waals surface area (Å²) in [7, 11) is 2.27. The second-order valence-electron chi connectivity index (χ2n) is 4.24. The van der Waals surface area contributed by atoms with Gasteiger partial charge >= 0.3 is 8.80 Å². The zero-order valence-electron chi connectivity index (χ0n) is 11.4. The third-order valence-electron chi connectivity index (χ3n) is 3.27. The summed E-state index contributed by atoms with van der Waals surface area (Å²) >= 11 is 0. The van der Waals surface area contributed by atoms with Gasteiger partial charge < -0.3 is 22.8 Å². The molecule has 0 N–H and O–H groups in total. The number of hydrogen-bond acceptors (Lipinski definition) is 5. The molecular weight excluding hydrogens is 240 g/mol. The van der Waals surface area contributed by atoms with E-state index >= 15 is 0 Å². The first kappa shape index (κ1) is 15.1. The Morgan fingerprint density at radius 1 is 1.24 bits per heavy atom. The van der Waals surface area contributed by atoms with Gasteiger partial charge in [-0.25, -0.2) is 0 Å². The first-order valence-electron chi connectivity index (χ1n) is 6.02. The molecule has 1 heterocycles. The maximum absolute atomic E-state index is 5.86. The highest BCUT2D eigenvalue weighted by Crippen LogP contribution is 2.31. The van der Waals surface area contributed by atoms with Gasteiger partial charge in [-0.2, -0.15) is 0 Å². The lowest BCUT2D eigenvalue weighted by Crippen LogP contribution is -2.51. The Morgan fingerprint density at radius 3 is 2.12 bits per heavy atom. The molecule has 1 saturated heterocycles. The molecule has 102 valence electrons. The summed E-state index contributed by atoms with van der Waals surface area (Å²) in [6, 6.07) is 0. The predicted molar refractivity (Wildman–Crippen MR) is 66.0 cm³/mol. The molecule has 1 aliphatic rings. The molecule has 1 rings (SSSR count). The molecule has 0 spiro atoms. The molecule has 0 amide bonds. The molecule has 0 aliphatic carbocycles. The topological polar surface area (TPSA) is 49.5 Å². The first-order valence-corrected chi connectivity index (χ1v) is 7.82. The van der Waals surface area contributed by atoms with E-state index in [2.05, 4.69) is 13.8 Å². The molecule has 0 aromatic carbocycles. The Morgan fingerprint density at radius 2 is 1.76 bits per heavy atom. The van der Waals surface area contributed by atoms with Gasteiger partial charge in [0.15, 0.2) is 0 Å². The van der Waals surface area contributed by atoms with E-state index in [9.17, 15) is 0 Å². The quantitative estimate of drug-likeness (QED) is 0.466. The summed E-state index contributed by atoms with van der Waals surface area (Å²) in [4.78, 5) is 0. The summed E-state index contributed by atoms with van der Waals surface area (Å²) in [5.74, 6) is 0. The van der Waals surface area contributed by atoms with Crippen LogP contribution in [0.5, 0.6) is 0 Å². The van der Waals surface area contributed by atoms with Gasteiger partial charge in [-0.3, -0.25) is 0 Å². The van der Waals surface area contributed by atoms with Crippen LogP contribution in [0.3, 0.4) is 0 Å². The Kier molecular flexibility index (Phi) is 6.05. The van der Waals surface area contributed by atoms with Crippen LogP contribution in [-0.2, 0) is 22.8 Å². The van der Waals surface area contributed by atoms with Crippen molar-refractivity contribution in [2.75, 3.05) is 34.5 Å². The van der Waals surface area contributed by atoms with E-state index in [0.717, 1.165) is 13.0 Å². The van der Waals surface area contributed by atoms with Crippen LogP contribution < -0.4 is 0 Å². The van der Waals surface area contributed by atoms with Crippen LogP contribution in [0.2, 0.25) is 5.54 Å². The largest absolute Gasteiger partial charge is 0.505 e. The van der Waals surface area contributed by atoms with Crippen LogP contribution in [-0.4, -0.2) is 55.6 Å². The maximum Gasteiger partial charge on any atom is 0.505 e. The highest BCUT2D eigenvalue weighted by molar-refractivity contribution is 6.62. The van der Waals surface area contributed by atoms with Crippen molar-refractivity contribution in [3.63, 3.8) is 0 Å². The third kappa shape index (κ3) is 3.74. The van der Waals surface area contributed by atoms with E-state index in [1.54, 1.807) is 21.3 Å². The van der Waals surface area contributed by atoms with Crippen molar-refractivity contribution < 1.29 is 22.8 Å². The molecule has 0 aromatic heterocycles. The van der Waals surface area contributed by atoms with Gasteiger partial charge in [0.2, 0.25) is 0 Å². The van der Waals surface area contributed by atoms with E-state index in [1.807, 2.05) is 0 Å². The summed E-state index contributed by atoms with van der Waals surface area (Å²) < 4.78 is 27.5. The van der Waals surface area contributed by atoms with Gasteiger partial charge in [0.25, 0.3) is 0 Å². The molecule has 1 aliphatic heterocycles. The monoisotopic (exact) mass is 264 g/mol. The van der Waals surface area contributed by atoms with Crippen LogP contribution in [0.25, 0.3) is 0 Å². The standard InChI is InChI=1S/C11H24O5Si/c1-6-11(16-8-10-7-15-10)9(2)17(12-3,13-4)14-5/h9-11H,6-8H2,1-5H3. The fourth-order valence-corrected chi connectivity index (χ4v) is 4.45. The van der Waals surface area contributed by atoms with Crippen molar-refractivity contribution in [3.8, 4) is 0 Å². The molecule has 17 heavy (non-hydrogen) atoms. The van der Waals surface area contributed by atoms with Crippen LogP contribution in [0.4, 0.5) is 0 Å². The van der Waals surface area contributed by atoms with Gasteiger partial charge in [0.1, 0.15) is 6.10 Å². The zero-order chi connectivity index (χ0) is 12.9. The Labute approximate surface area is 105 Å². The number of hydrogen-bond donors (Lipinski definition) is 0. The van der Waals surface area contributed by atoms with Gasteiger partial charge in [-0.05, 0) is 6.42 Å². The van der Waals surface area contributed by atoms with E-state index in [0.29, 0.717) is 6.61 Å². The van der Waals surface area contributed by atoms with Crippen molar-refractivity contribution in [1.29, 1.82) is 0 Å². The minimum atomic E-state index is -2.62. The van der Waals surface area contributed by atoms with Crippen molar-refractivity contribution in [2.24, 2.45) is 0 Å². The van der Waals surface area contributed by atoms with E-state index in [4.69, 9.17) is 22.8 Å². The Hall–Kier alpha value is 0.0169. The van der Waals surface area contributed by atoms with E-state index in [-0.39, 0.29) is 17.7 Å². The summed E-state index contributed by atoms with van der Waals surface area (Å²) in [5, 5.41) is 0. The average molecular weight is 264 g/mol. The molecule has 0 radical (unpaired) electrons.